The molecule has 2 unspecified atom stereocenters. The molecule has 4 atom stereocenters. The molecule has 1 fully saturated rings. The Morgan fingerprint density at radius 2 is 2.38 bits per heavy atom. The van der Waals surface area contributed by atoms with E-state index in [0.29, 0.717) is 5.48 Å². The fourth-order valence-electron chi connectivity index (χ4n) is 1.83. The van der Waals surface area contributed by atoms with Gasteiger partial charge in [0.05, 0.1) is 12.1 Å². The van der Waals surface area contributed by atoms with Gasteiger partial charge in [-0.1, -0.05) is 14.9 Å². The molecule has 1 rings (SSSR count). The smallest absolute Gasteiger partial charge is 0.123 e. The Bertz CT molecular complexity index is 286. The third kappa shape index (κ3) is 2.55. The van der Waals surface area contributed by atoms with Crippen molar-refractivity contribution in [3.63, 3.8) is 0 Å². The van der Waals surface area contributed by atoms with E-state index in [4.69, 9.17) is 22.4 Å². The molecule has 16 heavy (non-hydrogen) atoms. The lowest BCUT2D eigenvalue weighted by Gasteiger charge is -2.31. The van der Waals surface area contributed by atoms with Crippen molar-refractivity contribution in [2.75, 3.05) is 6.61 Å². The van der Waals surface area contributed by atoms with Crippen molar-refractivity contribution in [3.8, 4) is 0 Å². The zero-order valence-corrected chi connectivity index (χ0v) is 10.2. The minimum Gasteiger partial charge on any atom is -0.394 e. The van der Waals surface area contributed by atoms with Gasteiger partial charge < -0.3 is 19.7 Å². The van der Waals surface area contributed by atoms with Gasteiger partial charge in [-0.05, 0) is 13.3 Å². The summed E-state index contributed by atoms with van der Waals surface area (Å²) in [6.07, 6.45) is 0.409. The van der Waals surface area contributed by atoms with Crippen LogP contribution < -0.4 is 0 Å². The van der Waals surface area contributed by atoms with Crippen molar-refractivity contribution in [2.24, 2.45) is 0 Å². The number of aliphatic hydroxyl groups excluding tert-OH is 1. The summed E-state index contributed by atoms with van der Waals surface area (Å²) >= 11 is 0. The monoisotopic (exact) mass is 242 g/mol. The zero-order chi connectivity index (χ0) is 12.3. The highest BCUT2D eigenvalue weighted by Gasteiger charge is 2.53. The molecule has 1 aliphatic rings. The Kier molecular flexibility index (Phi) is 4.71. The Hall–Kier alpha value is -0.185. The summed E-state index contributed by atoms with van der Waals surface area (Å²) in [5.41, 5.74) is -0.882. The van der Waals surface area contributed by atoms with Crippen LogP contribution in [-0.4, -0.2) is 54.0 Å². The van der Waals surface area contributed by atoms with Gasteiger partial charge in [-0.3, -0.25) is 0 Å². The average Bonchev–Trinajstić information content (AvgIpc) is 2.42. The van der Waals surface area contributed by atoms with Gasteiger partial charge in [0.1, 0.15) is 25.7 Å². The van der Waals surface area contributed by atoms with Crippen molar-refractivity contribution in [2.45, 2.75) is 37.2 Å². The first-order valence-electron chi connectivity index (χ1n) is 5.02. The summed E-state index contributed by atoms with van der Waals surface area (Å²) in [7, 11) is 8.89. The van der Waals surface area contributed by atoms with Gasteiger partial charge in [-0.2, -0.15) is 0 Å². The predicted octanol–water partition coefficient (Wildman–Crippen LogP) is -0.143. The maximum atomic E-state index is 10.4. The zero-order valence-electron chi connectivity index (χ0n) is 9.22. The van der Waals surface area contributed by atoms with Gasteiger partial charge in [-0.25, -0.2) is 0 Å². The lowest BCUT2D eigenvalue weighted by atomic mass is 9.78. The van der Waals surface area contributed by atoms with E-state index in [0.717, 1.165) is 0 Å². The van der Waals surface area contributed by atoms with Gasteiger partial charge in [-0.15, -0.1) is 6.58 Å². The summed E-state index contributed by atoms with van der Waals surface area (Å²) in [5.74, 6) is 0. The molecule has 0 bridgehead atoms. The van der Waals surface area contributed by atoms with Crippen LogP contribution in [0.25, 0.3) is 0 Å². The lowest BCUT2D eigenvalue weighted by Crippen LogP contribution is -2.50. The predicted molar refractivity (Wildman–Crippen MR) is 65.1 cm³/mol. The van der Waals surface area contributed by atoms with Crippen molar-refractivity contribution >= 4 is 22.2 Å². The van der Waals surface area contributed by atoms with Crippen LogP contribution in [0.2, 0.25) is 0 Å². The van der Waals surface area contributed by atoms with Crippen molar-refractivity contribution in [3.05, 3.63) is 12.7 Å². The molecule has 88 valence electrons. The van der Waals surface area contributed by atoms with Crippen LogP contribution in [0.1, 0.15) is 13.3 Å². The van der Waals surface area contributed by atoms with Crippen LogP contribution in [0.5, 0.6) is 0 Å². The summed E-state index contributed by atoms with van der Waals surface area (Å²) in [4.78, 5) is 0. The molecule has 0 amide bonds. The van der Waals surface area contributed by atoms with Crippen LogP contribution in [0.3, 0.4) is 0 Å². The summed E-state index contributed by atoms with van der Waals surface area (Å²) in [6, 6.07) is -0.904. The SMILES string of the molecule is [B]C1OC(CO)[C@@H](OC(C)=P)[C@@]1(O)CC=C. The second-order valence-electron chi connectivity index (χ2n) is 3.86. The second kappa shape index (κ2) is 5.43. The maximum Gasteiger partial charge on any atom is 0.123 e. The molecule has 0 saturated carbocycles. The van der Waals surface area contributed by atoms with Crippen molar-refractivity contribution < 1.29 is 19.7 Å². The maximum absolute atomic E-state index is 10.4. The van der Waals surface area contributed by atoms with E-state index < -0.39 is 23.8 Å². The van der Waals surface area contributed by atoms with Crippen LogP contribution in [-0.2, 0) is 9.47 Å². The molecule has 0 aromatic heterocycles. The molecule has 6 heteroatoms. The van der Waals surface area contributed by atoms with Crippen LogP contribution in [0.4, 0.5) is 0 Å². The highest BCUT2D eigenvalue weighted by molar-refractivity contribution is 7.20. The molecule has 1 aliphatic heterocycles. The van der Waals surface area contributed by atoms with Gasteiger partial charge in [0.25, 0.3) is 0 Å². The van der Waals surface area contributed by atoms with Crippen LogP contribution >= 0.6 is 8.86 Å². The van der Waals surface area contributed by atoms with E-state index in [1.165, 1.54) is 0 Å². The first-order valence-corrected chi connectivity index (χ1v) is 5.52. The Labute approximate surface area is 98.9 Å². The number of hydrogen-bond donors (Lipinski definition) is 2. The fraction of sp³-hybridized carbons (Fsp3) is 0.700. The van der Waals surface area contributed by atoms with E-state index in [2.05, 4.69) is 15.4 Å². The van der Waals surface area contributed by atoms with Gasteiger partial charge in [0, 0.05) is 6.00 Å². The topological polar surface area (TPSA) is 58.9 Å². The molecule has 0 aromatic rings. The molecule has 1 heterocycles. The summed E-state index contributed by atoms with van der Waals surface area (Å²) < 4.78 is 10.7. The molecule has 2 radical (unpaired) electrons. The van der Waals surface area contributed by atoms with Crippen LogP contribution in [0, 0.1) is 0 Å². The molecule has 4 nitrogen and oxygen atoms in total. The normalized spacial score (nSPS) is 38.6. The largest absolute Gasteiger partial charge is 0.394 e. The molecule has 2 N–H and O–H groups in total. The van der Waals surface area contributed by atoms with Gasteiger partial charge in [0.2, 0.25) is 0 Å². The molecule has 0 spiro atoms. The molecular formula is C10H16BO4P. The first-order chi connectivity index (χ1) is 7.45. The van der Waals surface area contributed by atoms with Crippen LogP contribution in [0.15, 0.2) is 12.7 Å². The van der Waals surface area contributed by atoms with E-state index in [1.807, 2.05) is 0 Å². The number of rotatable bonds is 5. The summed E-state index contributed by atoms with van der Waals surface area (Å²) in [5, 5.41) is 19.5. The third-order valence-electron chi connectivity index (χ3n) is 2.60. The van der Waals surface area contributed by atoms with Crippen molar-refractivity contribution in [1.82, 2.24) is 0 Å². The quantitative estimate of drug-likeness (QED) is 0.400. The minimum absolute atomic E-state index is 0.231. The highest BCUT2D eigenvalue weighted by Crippen LogP contribution is 2.35. The molecule has 1 saturated heterocycles. The Balaban J connectivity index is 2.92. The molecular weight excluding hydrogens is 226 g/mol. The lowest BCUT2D eigenvalue weighted by molar-refractivity contribution is -0.0495. The standard InChI is InChI=1S/C10H16BO4P/c1-3-4-10(13)8(14-6(2)16)7(5-12)15-9(10)11/h3,7-9,12-13,16H,1,4-5H2,2H3/t7?,8-,9?,10+/m1/s1. The van der Waals surface area contributed by atoms with E-state index in [9.17, 15) is 5.11 Å². The summed E-state index contributed by atoms with van der Waals surface area (Å²) in [6.45, 7) is 4.98. The highest BCUT2D eigenvalue weighted by atomic mass is 31.0. The second-order valence-corrected chi connectivity index (χ2v) is 4.56. The Morgan fingerprint density at radius 3 is 2.81 bits per heavy atom. The van der Waals surface area contributed by atoms with Gasteiger partial charge in [0.15, 0.2) is 0 Å². The first kappa shape index (κ1) is 13.9. The number of aliphatic hydroxyl groups is 2. The number of hydrogen-bond acceptors (Lipinski definition) is 4. The molecule has 0 aliphatic carbocycles. The van der Waals surface area contributed by atoms with E-state index in [-0.39, 0.29) is 13.0 Å². The van der Waals surface area contributed by atoms with Gasteiger partial charge >= 0.3 is 0 Å². The number of ether oxygens (including phenoxy) is 2. The fourth-order valence-corrected chi connectivity index (χ4v) is 1.96. The third-order valence-corrected chi connectivity index (χ3v) is 2.72. The molecule has 0 aromatic carbocycles. The van der Waals surface area contributed by atoms with E-state index in [1.54, 1.807) is 13.0 Å². The Morgan fingerprint density at radius 1 is 1.75 bits per heavy atom. The van der Waals surface area contributed by atoms with Crippen molar-refractivity contribution in [1.29, 1.82) is 0 Å². The van der Waals surface area contributed by atoms with E-state index >= 15 is 0 Å². The average molecular weight is 242 g/mol. The minimum atomic E-state index is -1.37.